The molecule has 62 heavy (non-hydrogen) atoms. The van der Waals surface area contributed by atoms with Crippen molar-refractivity contribution in [1.82, 2.24) is 16.0 Å². The van der Waals surface area contributed by atoms with Gasteiger partial charge in [-0.05, 0) is 46.5 Å². The second-order valence-corrected chi connectivity index (χ2v) is 18.9. The Labute approximate surface area is 383 Å². The highest BCUT2D eigenvalue weighted by atomic mass is 16.6. The van der Waals surface area contributed by atoms with E-state index in [1.54, 1.807) is 6.92 Å². The summed E-state index contributed by atoms with van der Waals surface area (Å²) in [5.74, 6) is -0.123. The van der Waals surface area contributed by atoms with Crippen molar-refractivity contribution in [2.75, 3.05) is 32.9 Å². The third-order valence-corrected chi connectivity index (χ3v) is 11.9. The highest BCUT2D eigenvalue weighted by molar-refractivity contribution is 5.78. The fourth-order valence-corrected chi connectivity index (χ4v) is 7.84. The quantitative estimate of drug-likeness (QED) is 0.0355. The third kappa shape index (κ3) is 45.7. The predicted octanol–water partition coefficient (Wildman–Crippen LogP) is 14.8. The Kier molecular flexibility index (Phi) is 43.5. The van der Waals surface area contributed by atoms with Gasteiger partial charge in [-0.1, -0.05) is 206 Å². The van der Waals surface area contributed by atoms with Crippen LogP contribution in [0.4, 0.5) is 9.59 Å². The number of ether oxygens (including phenoxy) is 3. The summed E-state index contributed by atoms with van der Waals surface area (Å²) < 4.78 is 16.8. The van der Waals surface area contributed by atoms with Gasteiger partial charge in [-0.25, -0.2) is 9.59 Å². The molecule has 4 N–H and O–H groups in total. The molecule has 0 aromatic heterocycles. The van der Waals surface area contributed by atoms with Crippen LogP contribution in [0.2, 0.25) is 0 Å². The lowest BCUT2D eigenvalue weighted by Gasteiger charge is -2.25. The highest BCUT2D eigenvalue weighted by Crippen LogP contribution is 2.18. The Morgan fingerprint density at radius 3 is 1.19 bits per heavy atom. The summed E-state index contributed by atoms with van der Waals surface area (Å²) in [7, 11) is 0. The lowest BCUT2D eigenvalue weighted by molar-refractivity contribution is -0.122. The van der Waals surface area contributed by atoms with Gasteiger partial charge in [0.1, 0.15) is 13.2 Å². The fraction of sp³-hybridized carbons (Fsp3) is 0.923. The van der Waals surface area contributed by atoms with Gasteiger partial charge in [-0.15, -0.1) is 0 Å². The first kappa shape index (κ1) is 59.6. The van der Waals surface area contributed by atoms with Crippen LogP contribution in [-0.4, -0.2) is 68.4 Å². The average molecular weight is 879 g/mol. The molecule has 10 heteroatoms. The summed E-state index contributed by atoms with van der Waals surface area (Å²) in [6.07, 6.45) is 42.7. The minimum atomic E-state index is -0.639. The van der Waals surface area contributed by atoms with Gasteiger partial charge in [0.2, 0.25) is 5.91 Å². The van der Waals surface area contributed by atoms with Crippen molar-refractivity contribution >= 4 is 23.8 Å². The van der Waals surface area contributed by atoms with Crippen LogP contribution >= 0.6 is 0 Å². The van der Waals surface area contributed by atoms with Gasteiger partial charge in [0.25, 0.3) is 0 Å². The summed E-state index contributed by atoms with van der Waals surface area (Å²) in [6, 6.07) is -0.639. The number of rotatable bonds is 47. The molecule has 366 valence electrons. The minimum Gasteiger partial charge on any atom is -0.447 e. The molecule has 0 fully saturated rings. The Hall–Kier alpha value is -2.36. The van der Waals surface area contributed by atoms with Gasteiger partial charge >= 0.3 is 12.2 Å². The largest absolute Gasteiger partial charge is 0.447 e. The van der Waals surface area contributed by atoms with Crippen molar-refractivity contribution in [2.24, 2.45) is 0 Å². The van der Waals surface area contributed by atoms with Gasteiger partial charge in [-0.2, -0.15) is 0 Å². The van der Waals surface area contributed by atoms with Crippen LogP contribution < -0.4 is 16.0 Å². The molecule has 0 rings (SSSR count). The van der Waals surface area contributed by atoms with Crippen molar-refractivity contribution < 1.29 is 28.6 Å². The maximum absolute atomic E-state index is 12.9. The molecular weight excluding hydrogens is 777 g/mol. The Morgan fingerprint density at radius 2 is 0.823 bits per heavy atom. The minimum absolute atomic E-state index is 0.0798. The molecule has 0 aliphatic heterocycles. The molecule has 0 aromatic carbocycles. The lowest BCUT2D eigenvalue weighted by atomic mass is 10.0. The van der Waals surface area contributed by atoms with Crippen LogP contribution in [0.1, 0.15) is 266 Å². The number of amides is 3. The summed E-state index contributed by atoms with van der Waals surface area (Å²) >= 11 is 0. The van der Waals surface area contributed by atoms with Gasteiger partial charge in [0.05, 0.1) is 18.2 Å². The van der Waals surface area contributed by atoms with Gasteiger partial charge in [-0.3, -0.25) is 4.79 Å². The third-order valence-electron chi connectivity index (χ3n) is 11.9. The standard InChI is InChI=1S/C52H102N4O6/c1-6-8-10-12-14-16-18-20-22-24-26-28-30-32-34-36-39-49(57)56-48(46-61-51(59)55-43-38-41-52(4,5)62-44-40-47(3)53)45-60-50(58)54-42-37-35-33-31-29-27-25-23-21-19-17-15-13-11-9-7-2/h48,53H,6-46H2,1-5H3,(H,54,58)(H,55,59)(H,56,57). The number of unbranched alkanes of at least 4 members (excludes halogenated alkanes) is 30. The molecule has 0 heterocycles. The SMILES string of the molecule is CCCCCCCCCCCCCCCCCCNC(=O)OCC(COC(=O)NCCCC(C)(C)OCCC(C)=N)NC(=O)CCCCCCCCCCCCCCCCCC. The molecular formula is C52H102N4O6. The van der Waals surface area contributed by atoms with Gasteiger partial charge < -0.3 is 35.6 Å². The summed E-state index contributed by atoms with van der Waals surface area (Å²) in [6.45, 7) is 11.6. The van der Waals surface area contributed by atoms with E-state index in [2.05, 4.69) is 29.8 Å². The number of carbonyl (C=O) groups excluding carboxylic acids is 3. The van der Waals surface area contributed by atoms with Crippen molar-refractivity contribution in [1.29, 1.82) is 5.41 Å². The molecule has 0 aliphatic carbocycles. The predicted molar refractivity (Wildman–Crippen MR) is 262 cm³/mol. The van der Waals surface area contributed by atoms with Crippen LogP contribution in [-0.2, 0) is 19.0 Å². The van der Waals surface area contributed by atoms with Crippen LogP contribution in [0.3, 0.4) is 0 Å². The first-order valence-corrected chi connectivity index (χ1v) is 26.4. The number of hydrogen-bond donors (Lipinski definition) is 4. The number of carbonyl (C=O) groups is 3. The second-order valence-electron chi connectivity index (χ2n) is 18.9. The molecule has 10 nitrogen and oxygen atoms in total. The zero-order valence-corrected chi connectivity index (χ0v) is 41.5. The first-order valence-electron chi connectivity index (χ1n) is 26.4. The molecule has 0 saturated heterocycles. The van der Waals surface area contributed by atoms with E-state index in [0.717, 1.165) is 38.5 Å². The van der Waals surface area contributed by atoms with Crippen molar-refractivity contribution in [3.05, 3.63) is 0 Å². The zero-order valence-electron chi connectivity index (χ0n) is 41.5. The van der Waals surface area contributed by atoms with E-state index in [1.807, 2.05) is 13.8 Å². The van der Waals surface area contributed by atoms with E-state index in [1.165, 1.54) is 173 Å². The maximum Gasteiger partial charge on any atom is 0.407 e. The number of alkyl carbamates (subject to hydrolysis) is 2. The molecule has 3 amide bonds. The summed E-state index contributed by atoms with van der Waals surface area (Å²) in [5, 5.41) is 16.1. The van der Waals surface area contributed by atoms with E-state index in [4.69, 9.17) is 19.6 Å². The topological polar surface area (TPSA) is 139 Å². The fourth-order valence-electron chi connectivity index (χ4n) is 7.84. The molecule has 0 aliphatic rings. The average Bonchev–Trinajstić information content (AvgIpc) is 3.24. The molecule has 0 aromatic rings. The molecule has 0 spiro atoms. The van der Waals surface area contributed by atoms with E-state index in [-0.39, 0.29) is 24.7 Å². The Morgan fingerprint density at radius 1 is 0.484 bits per heavy atom. The lowest BCUT2D eigenvalue weighted by Crippen LogP contribution is -2.44. The summed E-state index contributed by atoms with van der Waals surface area (Å²) in [4.78, 5) is 38.0. The van der Waals surface area contributed by atoms with Gasteiger partial charge in [0.15, 0.2) is 0 Å². The summed E-state index contributed by atoms with van der Waals surface area (Å²) in [5.41, 5.74) is 0.240. The van der Waals surface area contributed by atoms with E-state index < -0.39 is 18.2 Å². The molecule has 1 unspecified atom stereocenters. The molecule has 0 saturated carbocycles. The Bertz CT molecular complexity index is 1040. The van der Waals surface area contributed by atoms with Crippen LogP contribution in [0.25, 0.3) is 0 Å². The van der Waals surface area contributed by atoms with Crippen molar-refractivity contribution in [2.45, 2.75) is 277 Å². The van der Waals surface area contributed by atoms with Crippen molar-refractivity contribution in [3.63, 3.8) is 0 Å². The number of nitrogens with one attached hydrogen (secondary N) is 4. The van der Waals surface area contributed by atoms with E-state index in [9.17, 15) is 14.4 Å². The molecule has 1 atom stereocenters. The Balaban J connectivity index is 4.38. The van der Waals surface area contributed by atoms with Crippen molar-refractivity contribution in [3.8, 4) is 0 Å². The second kappa shape index (κ2) is 45.2. The number of hydrogen-bond acceptors (Lipinski definition) is 7. The normalized spacial score (nSPS) is 12.0. The van der Waals surface area contributed by atoms with Crippen LogP contribution in [0, 0.1) is 5.41 Å². The monoisotopic (exact) mass is 879 g/mol. The smallest absolute Gasteiger partial charge is 0.407 e. The van der Waals surface area contributed by atoms with Crippen LogP contribution in [0.5, 0.6) is 0 Å². The van der Waals surface area contributed by atoms with E-state index >= 15 is 0 Å². The van der Waals surface area contributed by atoms with Gasteiger partial charge in [0, 0.05) is 31.6 Å². The molecule has 0 bridgehead atoms. The maximum atomic E-state index is 12.9. The zero-order chi connectivity index (χ0) is 45.6. The van der Waals surface area contributed by atoms with Crippen LogP contribution in [0.15, 0.2) is 0 Å². The molecule has 0 radical (unpaired) electrons. The highest BCUT2D eigenvalue weighted by Gasteiger charge is 2.20. The first-order chi connectivity index (χ1) is 30.1. The van der Waals surface area contributed by atoms with E-state index in [0.29, 0.717) is 44.7 Å².